The van der Waals surface area contributed by atoms with Crippen LogP contribution in [0.15, 0.2) is 59.1 Å². The van der Waals surface area contributed by atoms with Crippen LogP contribution in [0.2, 0.25) is 0 Å². The number of amides is 2. The number of carbonyl (C=O) groups is 3. The minimum absolute atomic E-state index is 0.0297. The summed E-state index contributed by atoms with van der Waals surface area (Å²) in [5.41, 5.74) is 1.58. The molecule has 0 spiro atoms. The number of hydrogen-bond acceptors (Lipinski definition) is 4. The molecule has 3 rings (SSSR count). The van der Waals surface area contributed by atoms with Gasteiger partial charge in [-0.3, -0.25) is 9.59 Å². The zero-order chi connectivity index (χ0) is 21.5. The fraction of sp³-hybridized carbons (Fsp3) is 0.348. The number of nitrogens with one attached hydrogen (secondary N) is 1. The van der Waals surface area contributed by atoms with Crippen LogP contribution in [0.3, 0.4) is 0 Å². The standard InChI is InChI=1S/C23H25BrN2O4/c1-30-23(29)20(15-16-5-3-2-4-6-16)25-21(27)17-11-13-26(14-12-17)22(28)18-7-9-19(24)10-8-18/h2-10,17,20H,11-15H2,1H3,(H,25,27). The second-order valence-corrected chi connectivity index (χ2v) is 8.26. The SMILES string of the molecule is COC(=O)C(Cc1ccccc1)NC(=O)C1CCN(C(=O)c2ccc(Br)cc2)CC1. The second kappa shape index (κ2) is 10.4. The number of methoxy groups -OCH3 is 1. The van der Waals surface area contributed by atoms with Gasteiger partial charge in [-0.05, 0) is 42.7 Å². The molecule has 1 unspecified atom stereocenters. The van der Waals surface area contributed by atoms with Crippen molar-refractivity contribution >= 4 is 33.7 Å². The van der Waals surface area contributed by atoms with Gasteiger partial charge in [-0.1, -0.05) is 46.3 Å². The highest BCUT2D eigenvalue weighted by atomic mass is 79.9. The summed E-state index contributed by atoms with van der Waals surface area (Å²) >= 11 is 3.37. The molecule has 2 amide bonds. The molecule has 6 nitrogen and oxygen atoms in total. The van der Waals surface area contributed by atoms with Gasteiger partial charge in [0.1, 0.15) is 6.04 Å². The smallest absolute Gasteiger partial charge is 0.328 e. The zero-order valence-corrected chi connectivity index (χ0v) is 18.4. The first kappa shape index (κ1) is 22.0. The minimum atomic E-state index is -0.729. The molecule has 0 aliphatic carbocycles. The molecule has 30 heavy (non-hydrogen) atoms. The highest BCUT2D eigenvalue weighted by Gasteiger charge is 2.30. The normalized spacial score (nSPS) is 15.3. The van der Waals surface area contributed by atoms with E-state index in [-0.39, 0.29) is 17.7 Å². The molecule has 158 valence electrons. The molecule has 0 saturated carbocycles. The Balaban J connectivity index is 1.56. The van der Waals surface area contributed by atoms with E-state index in [0.29, 0.717) is 37.9 Å². The molecule has 7 heteroatoms. The van der Waals surface area contributed by atoms with Gasteiger partial charge in [-0.25, -0.2) is 4.79 Å². The van der Waals surface area contributed by atoms with Gasteiger partial charge in [-0.2, -0.15) is 0 Å². The number of rotatable bonds is 6. The van der Waals surface area contributed by atoms with Crippen LogP contribution in [-0.4, -0.2) is 48.9 Å². The topological polar surface area (TPSA) is 75.7 Å². The van der Waals surface area contributed by atoms with Crippen molar-refractivity contribution in [2.24, 2.45) is 5.92 Å². The molecule has 1 heterocycles. The van der Waals surface area contributed by atoms with Crippen LogP contribution in [0.5, 0.6) is 0 Å². The van der Waals surface area contributed by atoms with E-state index in [0.717, 1.165) is 10.0 Å². The lowest BCUT2D eigenvalue weighted by Crippen LogP contribution is -2.48. The quantitative estimate of drug-likeness (QED) is 0.654. The van der Waals surface area contributed by atoms with Crippen LogP contribution < -0.4 is 5.32 Å². The molecule has 1 aliphatic heterocycles. The average molecular weight is 473 g/mol. The summed E-state index contributed by atoms with van der Waals surface area (Å²) in [6.07, 6.45) is 1.50. The molecule has 2 aromatic rings. The van der Waals surface area contributed by atoms with Crippen LogP contribution in [0.25, 0.3) is 0 Å². The van der Waals surface area contributed by atoms with Gasteiger partial charge in [0.2, 0.25) is 5.91 Å². The van der Waals surface area contributed by atoms with E-state index < -0.39 is 12.0 Å². The lowest BCUT2D eigenvalue weighted by Gasteiger charge is -2.32. The number of hydrogen-bond donors (Lipinski definition) is 1. The van der Waals surface area contributed by atoms with Crippen molar-refractivity contribution in [3.63, 3.8) is 0 Å². The summed E-state index contributed by atoms with van der Waals surface area (Å²) in [6, 6.07) is 16.0. The van der Waals surface area contributed by atoms with Gasteiger partial charge in [0.25, 0.3) is 5.91 Å². The summed E-state index contributed by atoms with van der Waals surface area (Å²) in [6.45, 7) is 1.02. The Morgan fingerprint density at radius 2 is 1.70 bits per heavy atom. The fourth-order valence-electron chi connectivity index (χ4n) is 3.59. The highest BCUT2D eigenvalue weighted by Crippen LogP contribution is 2.21. The fourth-order valence-corrected chi connectivity index (χ4v) is 3.86. The molecule has 1 saturated heterocycles. The Morgan fingerprint density at radius 3 is 2.30 bits per heavy atom. The highest BCUT2D eigenvalue weighted by molar-refractivity contribution is 9.10. The van der Waals surface area contributed by atoms with Crippen LogP contribution in [0.4, 0.5) is 0 Å². The summed E-state index contributed by atoms with van der Waals surface area (Å²) in [5.74, 6) is -0.896. The van der Waals surface area contributed by atoms with Crippen molar-refractivity contribution in [1.29, 1.82) is 0 Å². The number of esters is 1. The van der Waals surface area contributed by atoms with E-state index in [1.165, 1.54) is 7.11 Å². The number of likely N-dealkylation sites (tertiary alicyclic amines) is 1. The third-order valence-corrected chi connectivity index (χ3v) is 5.86. The first-order chi connectivity index (χ1) is 14.5. The van der Waals surface area contributed by atoms with E-state index in [4.69, 9.17) is 4.74 Å². The Kier molecular flexibility index (Phi) is 7.63. The zero-order valence-electron chi connectivity index (χ0n) is 16.8. The maximum absolute atomic E-state index is 12.8. The van der Waals surface area contributed by atoms with Gasteiger partial charge >= 0.3 is 5.97 Å². The Hall–Kier alpha value is -2.67. The minimum Gasteiger partial charge on any atom is -0.467 e. The number of benzene rings is 2. The molecular weight excluding hydrogens is 448 g/mol. The van der Waals surface area contributed by atoms with Gasteiger partial charge in [-0.15, -0.1) is 0 Å². The largest absolute Gasteiger partial charge is 0.467 e. The first-order valence-corrected chi connectivity index (χ1v) is 10.7. The van der Waals surface area contributed by atoms with Crippen molar-refractivity contribution in [1.82, 2.24) is 10.2 Å². The van der Waals surface area contributed by atoms with E-state index in [1.807, 2.05) is 42.5 Å². The maximum Gasteiger partial charge on any atom is 0.328 e. The van der Waals surface area contributed by atoms with E-state index in [1.54, 1.807) is 17.0 Å². The number of ether oxygens (including phenoxy) is 1. The lowest BCUT2D eigenvalue weighted by atomic mass is 9.94. The third-order valence-electron chi connectivity index (χ3n) is 5.33. The summed E-state index contributed by atoms with van der Waals surface area (Å²) in [4.78, 5) is 39.4. The first-order valence-electron chi connectivity index (χ1n) is 9.95. The number of halogens is 1. The van der Waals surface area contributed by atoms with Crippen molar-refractivity contribution in [2.75, 3.05) is 20.2 Å². The van der Waals surface area contributed by atoms with Gasteiger partial charge in [0, 0.05) is 35.5 Å². The van der Waals surface area contributed by atoms with Gasteiger partial charge in [0.05, 0.1) is 7.11 Å². The Morgan fingerprint density at radius 1 is 1.07 bits per heavy atom. The molecule has 1 fully saturated rings. The lowest BCUT2D eigenvalue weighted by molar-refractivity contribution is -0.145. The summed E-state index contributed by atoms with van der Waals surface area (Å²) < 4.78 is 5.79. The number of carbonyl (C=O) groups excluding carboxylic acids is 3. The van der Waals surface area contributed by atoms with Crippen molar-refractivity contribution in [3.8, 4) is 0 Å². The summed E-state index contributed by atoms with van der Waals surface area (Å²) in [5, 5.41) is 2.85. The predicted octanol–water partition coefficient (Wildman–Crippen LogP) is 3.20. The molecule has 2 aromatic carbocycles. The number of piperidine rings is 1. The Bertz CT molecular complexity index is 878. The summed E-state index contributed by atoms with van der Waals surface area (Å²) in [7, 11) is 1.32. The molecule has 0 aromatic heterocycles. The van der Waals surface area contributed by atoms with Gasteiger partial charge in [0.15, 0.2) is 0 Å². The monoisotopic (exact) mass is 472 g/mol. The molecule has 1 atom stereocenters. The Labute approximate surface area is 184 Å². The van der Waals surface area contributed by atoms with E-state index >= 15 is 0 Å². The van der Waals surface area contributed by atoms with Crippen LogP contribution >= 0.6 is 15.9 Å². The third kappa shape index (κ3) is 5.69. The number of nitrogens with zero attached hydrogens (tertiary/aromatic N) is 1. The van der Waals surface area contributed by atoms with Crippen molar-refractivity contribution in [3.05, 3.63) is 70.2 Å². The molecule has 0 bridgehead atoms. The maximum atomic E-state index is 12.8. The predicted molar refractivity (Wildman–Crippen MR) is 117 cm³/mol. The molecule has 1 N–H and O–H groups in total. The molecule has 0 radical (unpaired) electrons. The van der Waals surface area contributed by atoms with Crippen molar-refractivity contribution in [2.45, 2.75) is 25.3 Å². The van der Waals surface area contributed by atoms with Crippen LogP contribution in [0, 0.1) is 5.92 Å². The van der Waals surface area contributed by atoms with E-state index in [2.05, 4.69) is 21.2 Å². The van der Waals surface area contributed by atoms with Crippen LogP contribution in [0.1, 0.15) is 28.8 Å². The molecule has 1 aliphatic rings. The second-order valence-electron chi connectivity index (χ2n) is 7.35. The molecular formula is C23H25BrN2O4. The van der Waals surface area contributed by atoms with Crippen LogP contribution in [-0.2, 0) is 20.7 Å². The van der Waals surface area contributed by atoms with Crippen molar-refractivity contribution < 1.29 is 19.1 Å². The van der Waals surface area contributed by atoms with E-state index in [9.17, 15) is 14.4 Å². The van der Waals surface area contributed by atoms with Gasteiger partial charge < -0.3 is 15.0 Å². The average Bonchev–Trinajstić information content (AvgIpc) is 2.79.